The van der Waals surface area contributed by atoms with Crippen LogP contribution < -0.4 is 26.5 Å². The molecule has 262 valence electrons. The Morgan fingerprint density at radius 2 is 1.90 bits per heavy atom. The summed E-state index contributed by atoms with van der Waals surface area (Å²) in [6.07, 6.45) is 6.10. The molecule has 1 saturated heterocycles. The Morgan fingerprint density at radius 1 is 1.10 bits per heavy atom. The van der Waals surface area contributed by atoms with Gasteiger partial charge in [0.05, 0.1) is 17.5 Å². The quantitative estimate of drug-likeness (QED) is 0.157. The number of epoxide rings is 1. The number of aromatic nitrogens is 2. The van der Waals surface area contributed by atoms with Crippen molar-refractivity contribution < 1.29 is 33.4 Å². The minimum Gasteiger partial charge on any atom is -0.507 e. The van der Waals surface area contributed by atoms with Gasteiger partial charge in [-0.05, 0) is 76.4 Å². The fourth-order valence-corrected chi connectivity index (χ4v) is 7.26. The van der Waals surface area contributed by atoms with Crippen LogP contribution in [0.3, 0.4) is 0 Å². The number of aliphatic imine (C=N–C) groups is 1. The van der Waals surface area contributed by atoms with Crippen LogP contribution in [0.1, 0.15) is 49.8 Å². The lowest BCUT2D eigenvalue weighted by Crippen LogP contribution is -3.04. The smallest absolute Gasteiger partial charge is 0.341 e. The van der Waals surface area contributed by atoms with Crippen LogP contribution in [-0.4, -0.2) is 57.2 Å². The van der Waals surface area contributed by atoms with Crippen molar-refractivity contribution in [1.29, 1.82) is 0 Å². The Bertz CT molecular complexity index is 2290. The number of anilines is 2. The molecule has 4 aliphatic heterocycles. The van der Waals surface area contributed by atoms with Gasteiger partial charge < -0.3 is 35.2 Å². The van der Waals surface area contributed by atoms with E-state index in [1.54, 1.807) is 26.0 Å². The summed E-state index contributed by atoms with van der Waals surface area (Å²) in [7, 11) is 0. The van der Waals surface area contributed by atoms with E-state index in [-0.39, 0.29) is 34.7 Å². The van der Waals surface area contributed by atoms with Gasteiger partial charge in [-0.3, -0.25) is 14.7 Å². The van der Waals surface area contributed by atoms with Crippen LogP contribution in [0.5, 0.6) is 11.5 Å². The van der Waals surface area contributed by atoms with E-state index < -0.39 is 23.3 Å². The zero-order valence-corrected chi connectivity index (χ0v) is 28.8. The van der Waals surface area contributed by atoms with Gasteiger partial charge in [0, 0.05) is 41.5 Å². The number of phenols is 1. The highest BCUT2D eigenvalue weighted by Crippen LogP contribution is 2.45. The van der Waals surface area contributed by atoms with Gasteiger partial charge in [-0.1, -0.05) is 0 Å². The summed E-state index contributed by atoms with van der Waals surface area (Å²) in [5.41, 5.74) is 16.2. The molecular weight excluding hydrogens is 652 g/mol. The lowest BCUT2D eigenvalue weighted by Gasteiger charge is -2.39. The number of pyridine rings is 2. The van der Waals surface area contributed by atoms with Crippen molar-refractivity contribution in [2.45, 2.75) is 76.9 Å². The summed E-state index contributed by atoms with van der Waals surface area (Å²) in [6.45, 7) is 8.50. The fraction of sp³-hybridized carbons (Fsp3) is 0.342. The number of aryl methyl sites for hydroxylation is 2. The maximum atomic E-state index is 13.5. The molecule has 3 aromatic heterocycles. The number of aromatic hydroxyl groups is 1. The van der Waals surface area contributed by atoms with E-state index in [0.29, 0.717) is 53.8 Å². The Hall–Kier alpha value is -5.53. The number of ether oxygens (including phenoxy) is 3. The van der Waals surface area contributed by atoms with Crippen LogP contribution in [0.4, 0.5) is 11.6 Å². The van der Waals surface area contributed by atoms with Gasteiger partial charge in [-0.25, -0.2) is 14.8 Å². The number of nitrogens with one attached hydrogen (secondary N) is 1. The number of nitrogens with two attached hydrogens (primary N) is 2. The monoisotopic (exact) mass is 691 g/mol. The van der Waals surface area contributed by atoms with Crippen molar-refractivity contribution >= 4 is 34.8 Å². The second-order valence-electron chi connectivity index (χ2n) is 14.4. The van der Waals surface area contributed by atoms with Crippen molar-refractivity contribution in [2.24, 2.45) is 4.99 Å². The van der Waals surface area contributed by atoms with Gasteiger partial charge in [0.2, 0.25) is 0 Å². The number of hydrogen-bond donors (Lipinski definition) is 4. The summed E-state index contributed by atoms with van der Waals surface area (Å²) < 4.78 is 23.8. The molecule has 13 nitrogen and oxygen atoms in total. The number of phenolic OH excluding ortho intramolecular Hbond substituents is 1. The molecule has 13 heteroatoms. The lowest BCUT2D eigenvalue weighted by molar-refractivity contribution is -0.852. The minimum atomic E-state index is -1.15. The Kier molecular flexibility index (Phi) is 7.54. The molecule has 4 aliphatic rings. The normalized spacial score (nSPS) is 24.0. The van der Waals surface area contributed by atoms with Gasteiger partial charge in [0.1, 0.15) is 76.6 Å². The SMILES string of the molecule is Cc1cc(=O)c2c(O)c3c(cc2o1)OC(C)(C)C(OC(=O)C1(C)OC1CCc1cc(N)nc(-c2cc(N)nc(C[NH+]4C=C5N=CC=C5C4)c2)c1)C3. The van der Waals surface area contributed by atoms with Gasteiger partial charge in [-0.2, -0.15) is 0 Å². The van der Waals surface area contributed by atoms with E-state index in [0.717, 1.165) is 29.1 Å². The molecule has 0 saturated carbocycles. The number of carbonyl (C=O) groups is 1. The van der Waals surface area contributed by atoms with Gasteiger partial charge in [0.25, 0.3) is 0 Å². The molecule has 1 fully saturated rings. The molecule has 0 spiro atoms. The molecule has 0 aliphatic carbocycles. The molecule has 8 rings (SSSR count). The standard InChI is InChI=1S/C38H38N6O7/c1-19-9-27(45)34-29(48-19)15-28-24(35(34)46)14-31(37(2,3)50-28)49-36(47)38(4)30(51-38)6-5-20-10-25(43-32(39)11-20)22-12-23(42-33(40)13-22)17-44-16-21-7-8-41-26(21)18-44/h7-13,15,18,30-31,46H,5-6,14,16-17H2,1-4H3,(H2,39,43)(H2,40,42)/p+1. The molecular formula is C38H39N6O7+. The summed E-state index contributed by atoms with van der Waals surface area (Å²) >= 11 is 0. The Labute approximate surface area is 293 Å². The van der Waals surface area contributed by atoms with Crippen LogP contribution in [0, 0.1) is 6.92 Å². The fourth-order valence-electron chi connectivity index (χ4n) is 7.26. The van der Waals surface area contributed by atoms with Crippen molar-refractivity contribution in [2.75, 3.05) is 18.0 Å². The molecule has 51 heavy (non-hydrogen) atoms. The first kappa shape index (κ1) is 32.7. The summed E-state index contributed by atoms with van der Waals surface area (Å²) in [4.78, 5) is 41.0. The predicted octanol–water partition coefficient (Wildman–Crippen LogP) is 3.09. The Balaban J connectivity index is 0.934. The number of nitrogen functional groups attached to an aromatic ring is 2. The summed E-state index contributed by atoms with van der Waals surface area (Å²) in [5.74, 6) is 0.809. The largest absolute Gasteiger partial charge is 0.507 e. The van der Waals surface area contributed by atoms with Gasteiger partial charge in [0.15, 0.2) is 11.0 Å². The Morgan fingerprint density at radius 3 is 2.71 bits per heavy atom. The highest BCUT2D eigenvalue weighted by Gasteiger charge is 2.60. The lowest BCUT2D eigenvalue weighted by atomic mass is 9.89. The number of esters is 1. The number of fused-ring (bicyclic) bond motifs is 3. The number of nitrogens with zero attached hydrogens (tertiary/aromatic N) is 3. The highest BCUT2D eigenvalue weighted by atomic mass is 16.7. The number of benzene rings is 1. The van der Waals surface area contributed by atoms with Crippen LogP contribution in [0.2, 0.25) is 0 Å². The number of rotatable bonds is 8. The molecule has 0 radical (unpaired) electrons. The van der Waals surface area contributed by atoms with Crippen LogP contribution in [0.25, 0.3) is 22.2 Å². The van der Waals surface area contributed by atoms with Crippen LogP contribution in [0.15, 0.2) is 74.1 Å². The average Bonchev–Trinajstić information content (AvgIpc) is 3.30. The maximum absolute atomic E-state index is 13.5. The van der Waals surface area contributed by atoms with E-state index in [1.165, 1.54) is 16.5 Å². The third-order valence-corrected chi connectivity index (χ3v) is 10.1. The third kappa shape index (κ3) is 6.02. The zero-order chi connectivity index (χ0) is 35.8. The number of carbonyl (C=O) groups excluding carboxylic acids is 1. The summed E-state index contributed by atoms with van der Waals surface area (Å²) in [6, 6.07) is 10.5. The van der Waals surface area contributed by atoms with Crippen molar-refractivity contribution in [3.05, 3.63) is 92.7 Å². The van der Waals surface area contributed by atoms with E-state index in [4.69, 9.17) is 30.1 Å². The van der Waals surface area contributed by atoms with Gasteiger partial charge in [-0.15, -0.1) is 0 Å². The molecule has 4 atom stereocenters. The van der Waals surface area contributed by atoms with E-state index >= 15 is 0 Å². The molecule has 7 heterocycles. The molecule has 0 bridgehead atoms. The van der Waals surface area contributed by atoms with Gasteiger partial charge >= 0.3 is 5.97 Å². The first-order valence-corrected chi connectivity index (χ1v) is 17.0. The molecule has 4 aromatic rings. The molecule has 1 aromatic carbocycles. The second-order valence-corrected chi connectivity index (χ2v) is 14.4. The predicted molar refractivity (Wildman–Crippen MR) is 189 cm³/mol. The highest BCUT2D eigenvalue weighted by molar-refractivity contribution is 5.87. The molecule has 4 unspecified atom stereocenters. The third-order valence-electron chi connectivity index (χ3n) is 10.1. The minimum absolute atomic E-state index is 0.0644. The van der Waals surface area contributed by atoms with E-state index in [2.05, 4.69) is 21.2 Å². The average molecular weight is 692 g/mol. The second kappa shape index (κ2) is 11.8. The maximum Gasteiger partial charge on any atom is 0.341 e. The van der Waals surface area contributed by atoms with E-state index in [1.807, 2.05) is 44.3 Å². The summed E-state index contributed by atoms with van der Waals surface area (Å²) in [5, 5.41) is 11.1. The van der Waals surface area contributed by atoms with Crippen molar-refractivity contribution in [3.8, 4) is 22.8 Å². The van der Waals surface area contributed by atoms with Crippen molar-refractivity contribution in [1.82, 2.24) is 9.97 Å². The number of allylic oxidation sites excluding steroid dienone is 1. The first-order valence-electron chi connectivity index (χ1n) is 17.0. The zero-order valence-electron chi connectivity index (χ0n) is 28.8. The van der Waals surface area contributed by atoms with Crippen LogP contribution >= 0.6 is 0 Å². The van der Waals surface area contributed by atoms with E-state index in [9.17, 15) is 14.7 Å². The number of quaternary nitrogens is 1. The molecule has 6 N–H and O–H groups in total. The van der Waals surface area contributed by atoms with Crippen LogP contribution in [-0.2, 0) is 33.7 Å². The number of hydrogen-bond acceptors (Lipinski definition) is 12. The first-order chi connectivity index (χ1) is 24.3. The molecule has 0 amide bonds. The topological polar surface area (TPSA) is 193 Å². The van der Waals surface area contributed by atoms with Crippen molar-refractivity contribution in [3.63, 3.8) is 0 Å².